The maximum absolute atomic E-state index is 6.62. The second kappa shape index (κ2) is 8.06. The van der Waals surface area contributed by atoms with E-state index in [1.54, 1.807) is 13.4 Å². The molecule has 0 bridgehead atoms. The number of methoxy groups -OCH3 is 1. The number of rotatable bonds is 6. The van der Waals surface area contributed by atoms with E-state index in [9.17, 15) is 0 Å². The Morgan fingerprint density at radius 2 is 1.96 bits per heavy atom. The molecule has 0 radical (unpaired) electrons. The molecular formula is C19H24ClN3O. The number of aryl methyl sites for hydroxylation is 1. The van der Waals surface area contributed by atoms with E-state index in [0.717, 1.165) is 34.9 Å². The van der Waals surface area contributed by atoms with Crippen LogP contribution in [0.1, 0.15) is 12.5 Å². The van der Waals surface area contributed by atoms with E-state index in [1.807, 2.05) is 61.2 Å². The molecule has 0 aliphatic carbocycles. The number of anilines is 2. The van der Waals surface area contributed by atoms with Crippen LogP contribution in [0.5, 0.6) is 5.75 Å². The lowest BCUT2D eigenvalue weighted by Crippen LogP contribution is -2.14. The zero-order valence-corrected chi connectivity index (χ0v) is 15.6. The minimum Gasteiger partial charge on any atom is -0.497 e. The van der Waals surface area contributed by atoms with E-state index < -0.39 is 0 Å². The molecule has 0 spiro atoms. The van der Waals surface area contributed by atoms with Crippen molar-refractivity contribution in [3.63, 3.8) is 0 Å². The van der Waals surface area contributed by atoms with Crippen LogP contribution in [0.3, 0.4) is 0 Å². The first-order valence-corrected chi connectivity index (χ1v) is 8.26. The Bertz CT molecular complexity index is 731. The van der Waals surface area contributed by atoms with Gasteiger partial charge in [-0.3, -0.25) is 0 Å². The van der Waals surface area contributed by atoms with E-state index >= 15 is 0 Å². The van der Waals surface area contributed by atoms with Crippen molar-refractivity contribution in [3.05, 3.63) is 47.0 Å². The molecule has 0 aromatic heterocycles. The molecule has 0 aliphatic heterocycles. The second-order valence-corrected chi connectivity index (χ2v) is 6.07. The van der Waals surface area contributed by atoms with Crippen molar-refractivity contribution in [3.8, 4) is 5.75 Å². The van der Waals surface area contributed by atoms with E-state index in [-0.39, 0.29) is 0 Å². The smallest absolute Gasteiger partial charge is 0.120 e. The molecule has 0 saturated heterocycles. The van der Waals surface area contributed by atoms with Crippen LogP contribution in [0.15, 0.2) is 41.4 Å². The summed E-state index contributed by atoms with van der Waals surface area (Å²) in [6.45, 7) is 5.01. The second-order valence-electron chi connectivity index (χ2n) is 5.70. The van der Waals surface area contributed by atoms with Gasteiger partial charge >= 0.3 is 0 Å². The van der Waals surface area contributed by atoms with Gasteiger partial charge in [0, 0.05) is 32.4 Å². The van der Waals surface area contributed by atoms with Gasteiger partial charge in [-0.25, -0.2) is 4.99 Å². The summed E-state index contributed by atoms with van der Waals surface area (Å²) >= 11 is 6.62. The van der Waals surface area contributed by atoms with Crippen molar-refractivity contribution in [1.82, 2.24) is 4.90 Å². The number of nitrogens with zero attached hydrogens (tertiary/aromatic N) is 3. The highest BCUT2D eigenvalue weighted by molar-refractivity contribution is 6.36. The summed E-state index contributed by atoms with van der Waals surface area (Å²) in [4.78, 5) is 8.57. The van der Waals surface area contributed by atoms with Gasteiger partial charge < -0.3 is 14.5 Å². The maximum atomic E-state index is 6.62. The largest absolute Gasteiger partial charge is 0.497 e. The summed E-state index contributed by atoms with van der Waals surface area (Å²) in [7, 11) is 5.63. The molecule has 0 N–H and O–H groups in total. The summed E-state index contributed by atoms with van der Waals surface area (Å²) < 4.78 is 5.31. The summed E-state index contributed by atoms with van der Waals surface area (Å²) in [5, 5.41) is 0.631. The summed E-state index contributed by atoms with van der Waals surface area (Å²) in [6, 6.07) is 11.9. The van der Waals surface area contributed by atoms with Crippen LogP contribution in [-0.2, 0) is 0 Å². The molecule has 4 nitrogen and oxygen atoms in total. The predicted octanol–water partition coefficient (Wildman–Crippen LogP) is 5.04. The molecule has 2 aromatic rings. The number of benzene rings is 2. The van der Waals surface area contributed by atoms with Crippen LogP contribution in [0.4, 0.5) is 17.1 Å². The van der Waals surface area contributed by atoms with Crippen molar-refractivity contribution >= 4 is 35.0 Å². The summed E-state index contributed by atoms with van der Waals surface area (Å²) in [5.74, 6) is 0.811. The Hall–Kier alpha value is -2.20. The SMILES string of the molecule is CCN(C)C=Nc1cc(C)cc(N(C)c2cccc(OC)c2)c1Cl. The minimum atomic E-state index is 0.631. The summed E-state index contributed by atoms with van der Waals surface area (Å²) in [6.07, 6.45) is 1.80. The van der Waals surface area contributed by atoms with Gasteiger partial charge in [0.05, 0.1) is 29.8 Å². The van der Waals surface area contributed by atoms with Gasteiger partial charge in [0.2, 0.25) is 0 Å². The first-order chi connectivity index (χ1) is 11.5. The molecular weight excluding hydrogens is 322 g/mol. The van der Waals surface area contributed by atoms with E-state index in [4.69, 9.17) is 16.3 Å². The van der Waals surface area contributed by atoms with Crippen molar-refractivity contribution in [2.45, 2.75) is 13.8 Å². The molecule has 24 heavy (non-hydrogen) atoms. The Morgan fingerprint density at radius 1 is 1.21 bits per heavy atom. The average molecular weight is 346 g/mol. The molecule has 2 aromatic carbocycles. The number of hydrogen-bond acceptors (Lipinski definition) is 3. The number of ether oxygens (including phenoxy) is 1. The van der Waals surface area contributed by atoms with E-state index in [0.29, 0.717) is 5.02 Å². The van der Waals surface area contributed by atoms with Crippen LogP contribution in [-0.4, -0.2) is 39.0 Å². The van der Waals surface area contributed by atoms with Gasteiger partial charge in [0.1, 0.15) is 5.75 Å². The maximum Gasteiger partial charge on any atom is 0.120 e. The van der Waals surface area contributed by atoms with Gasteiger partial charge in [0.15, 0.2) is 0 Å². The highest BCUT2D eigenvalue weighted by Crippen LogP contribution is 2.39. The quantitative estimate of drug-likeness (QED) is 0.542. The highest BCUT2D eigenvalue weighted by atomic mass is 35.5. The third-order valence-electron chi connectivity index (χ3n) is 3.87. The van der Waals surface area contributed by atoms with Crippen molar-refractivity contribution in [1.29, 1.82) is 0 Å². The Balaban J connectivity index is 2.42. The van der Waals surface area contributed by atoms with Gasteiger partial charge in [-0.2, -0.15) is 0 Å². The number of aliphatic imine (C=N–C) groups is 1. The van der Waals surface area contributed by atoms with Gasteiger partial charge in [-0.05, 0) is 43.7 Å². The van der Waals surface area contributed by atoms with Crippen LogP contribution in [0, 0.1) is 6.92 Å². The molecule has 5 heteroatoms. The molecule has 0 heterocycles. The first-order valence-electron chi connectivity index (χ1n) is 7.88. The zero-order chi connectivity index (χ0) is 17.7. The van der Waals surface area contributed by atoms with Crippen molar-refractivity contribution in [2.75, 3.05) is 32.6 Å². The molecule has 128 valence electrons. The number of hydrogen-bond donors (Lipinski definition) is 0. The van der Waals surface area contributed by atoms with Crippen LogP contribution < -0.4 is 9.64 Å². The lowest BCUT2D eigenvalue weighted by Gasteiger charge is -2.22. The molecule has 0 saturated carbocycles. The first kappa shape index (κ1) is 18.1. The van der Waals surface area contributed by atoms with Crippen molar-refractivity contribution in [2.24, 2.45) is 4.99 Å². The molecule has 0 unspecified atom stereocenters. The highest BCUT2D eigenvalue weighted by Gasteiger charge is 2.13. The lowest BCUT2D eigenvalue weighted by molar-refractivity contribution is 0.415. The third-order valence-corrected chi connectivity index (χ3v) is 4.26. The Kier molecular flexibility index (Phi) is 6.10. The minimum absolute atomic E-state index is 0.631. The normalized spacial score (nSPS) is 10.9. The molecule has 0 fully saturated rings. The van der Waals surface area contributed by atoms with Crippen molar-refractivity contribution < 1.29 is 4.74 Å². The molecule has 0 aliphatic rings. The fraction of sp³-hybridized carbons (Fsp3) is 0.316. The lowest BCUT2D eigenvalue weighted by atomic mass is 10.1. The van der Waals surface area contributed by atoms with E-state index in [2.05, 4.69) is 18.0 Å². The van der Waals surface area contributed by atoms with Gasteiger partial charge in [0.25, 0.3) is 0 Å². The van der Waals surface area contributed by atoms with Gasteiger partial charge in [-0.1, -0.05) is 17.7 Å². The molecule has 0 atom stereocenters. The van der Waals surface area contributed by atoms with Gasteiger partial charge in [-0.15, -0.1) is 0 Å². The monoisotopic (exact) mass is 345 g/mol. The standard InChI is InChI=1S/C19H24ClN3O/c1-6-22(3)13-21-17-10-14(2)11-18(19(17)20)23(4)15-8-7-9-16(12-15)24-5/h7-13H,6H2,1-5H3. The summed E-state index contributed by atoms with van der Waals surface area (Å²) in [5.41, 5.74) is 3.79. The predicted molar refractivity (Wildman–Crippen MR) is 104 cm³/mol. The third kappa shape index (κ3) is 4.20. The van der Waals surface area contributed by atoms with Crippen LogP contribution in [0.2, 0.25) is 5.02 Å². The zero-order valence-electron chi connectivity index (χ0n) is 14.9. The van der Waals surface area contributed by atoms with E-state index in [1.165, 1.54) is 0 Å². The average Bonchev–Trinajstić information content (AvgIpc) is 2.61. The topological polar surface area (TPSA) is 28.1 Å². The number of halogens is 1. The molecule has 0 amide bonds. The fourth-order valence-corrected chi connectivity index (χ4v) is 2.55. The Morgan fingerprint density at radius 3 is 2.62 bits per heavy atom. The fourth-order valence-electron chi connectivity index (χ4n) is 2.27. The van der Waals surface area contributed by atoms with Crippen LogP contribution >= 0.6 is 11.6 Å². The Labute approximate surface area is 149 Å². The molecule has 2 rings (SSSR count). The van der Waals surface area contributed by atoms with Crippen LogP contribution in [0.25, 0.3) is 0 Å².